The molecule has 1 atom stereocenters. The first kappa shape index (κ1) is 10.0. The van der Waals surface area contributed by atoms with Crippen molar-refractivity contribution in [1.29, 1.82) is 0 Å². The molecule has 12 heavy (non-hydrogen) atoms. The third-order valence-corrected chi connectivity index (χ3v) is 2.99. The molecule has 0 radical (unpaired) electrons. The molecule has 0 aromatic rings. The summed E-state index contributed by atoms with van der Waals surface area (Å²) >= 11 is 0. The van der Waals surface area contributed by atoms with Gasteiger partial charge in [-0.15, -0.1) is 0 Å². The van der Waals surface area contributed by atoms with Gasteiger partial charge in [0.1, 0.15) is 0 Å². The van der Waals surface area contributed by atoms with Crippen LogP contribution in [0.15, 0.2) is 0 Å². The Hall–Kier alpha value is -0.0400. The summed E-state index contributed by atoms with van der Waals surface area (Å²) in [5, 5.41) is 0. The Morgan fingerprint density at radius 2 is 1.67 bits per heavy atom. The summed E-state index contributed by atoms with van der Waals surface area (Å²) in [6.45, 7) is 5.02. The van der Waals surface area contributed by atoms with Gasteiger partial charge in [0, 0.05) is 0 Å². The zero-order chi connectivity index (χ0) is 8.81. The van der Waals surface area contributed by atoms with E-state index in [2.05, 4.69) is 18.9 Å². The van der Waals surface area contributed by atoms with E-state index in [0.29, 0.717) is 0 Å². The van der Waals surface area contributed by atoms with Gasteiger partial charge >= 0.3 is 0 Å². The monoisotopic (exact) mass is 169 g/mol. The molecule has 0 aliphatic carbocycles. The van der Waals surface area contributed by atoms with Crippen LogP contribution in [-0.4, -0.2) is 25.0 Å². The Morgan fingerprint density at radius 3 is 2.50 bits per heavy atom. The Morgan fingerprint density at radius 1 is 0.917 bits per heavy atom. The van der Waals surface area contributed by atoms with Crippen LogP contribution in [-0.2, 0) is 0 Å². The minimum Gasteiger partial charge on any atom is -0.306 e. The maximum Gasteiger partial charge on any atom is -0.00192 e. The number of hydrogen-bond donors (Lipinski definition) is 0. The highest BCUT2D eigenvalue weighted by atomic mass is 15.1. The van der Waals surface area contributed by atoms with Crippen molar-refractivity contribution < 1.29 is 0 Å². The lowest BCUT2D eigenvalue weighted by Crippen LogP contribution is -2.23. The van der Waals surface area contributed by atoms with Gasteiger partial charge in [-0.1, -0.05) is 32.6 Å². The Kier molecular flexibility index (Phi) is 4.67. The molecule has 1 saturated heterocycles. The van der Waals surface area contributed by atoms with Crippen LogP contribution < -0.4 is 0 Å². The summed E-state index contributed by atoms with van der Waals surface area (Å²) in [6.07, 6.45) is 8.62. The topological polar surface area (TPSA) is 3.24 Å². The van der Waals surface area contributed by atoms with E-state index in [1.165, 1.54) is 51.6 Å². The van der Waals surface area contributed by atoms with Crippen LogP contribution in [0.4, 0.5) is 0 Å². The van der Waals surface area contributed by atoms with Crippen LogP contribution in [0, 0.1) is 5.92 Å². The molecule has 1 nitrogen and oxygen atoms in total. The number of hydrogen-bond acceptors (Lipinski definition) is 1. The maximum absolute atomic E-state index is 2.49. The van der Waals surface area contributed by atoms with E-state index in [4.69, 9.17) is 0 Å². The highest BCUT2D eigenvalue weighted by Gasteiger charge is 2.06. The van der Waals surface area contributed by atoms with Gasteiger partial charge in [-0.3, -0.25) is 0 Å². The molecular formula is C11H23N. The first-order valence-corrected chi connectivity index (χ1v) is 5.47. The molecular weight excluding hydrogens is 146 g/mol. The summed E-state index contributed by atoms with van der Waals surface area (Å²) in [5.74, 6) is 0.950. The first-order chi connectivity index (χ1) is 5.79. The molecule has 0 amide bonds. The lowest BCUT2D eigenvalue weighted by atomic mass is 9.98. The molecule has 0 saturated carbocycles. The van der Waals surface area contributed by atoms with E-state index in [1.807, 2.05) is 0 Å². The van der Waals surface area contributed by atoms with Crippen LogP contribution >= 0.6 is 0 Å². The fourth-order valence-electron chi connectivity index (χ4n) is 1.92. The Bertz CT molecular complexity index is 97.6. The molecule has 1 heteroatoms. The van der Waals surface area contributed by atoms with Crippen LogP contribution in [0.25, 0.3) is 0 Å². The van der Waals surface area contributed by atoms with E-state index in [0.717, 1.165) is 5.92 Å². The summed E-state index contributed by atoms with van der Waals surface area (Å²) in [5.41, 5.74) is 0. The van der Waals surface area contributed by atoms with E-state index in [1.54, 1.807) is 0 Å². The molecule has 1 unspecified atom stereocenters. The first-order valence-electron chi connectivity index (χ1n) is 5.47. The minimum absolute atomic E-state index is 0.950. The van der Waals surface area contributed by atoms with Gasteiger partial charge in [-0.25, -0.2) is 0 Å². The standard InChI is InChI=1S/C11H23N/c1-11-7-5-3-4-6-9-12(2)10-8-11/h11H,3-10H2,1-2H3. The highest BCUT2D eigenvalue weighted by Crippen LogP contribution is 2.15. The van der Waals surface area contributed by atoms with Crippen molar-refractivity contribution in [1.82, 2.24) is 4.90 Å². The smallest absolute Gasteiger partial charge is 0.00192 e. The van der Waals surface area contributed by atoms with Crippen molar-refractivity contribution in [2.45, 2.75) is 45.4 Å². The molecule has 1 rings (SSSR count). The molecule has 1 heterocycles. The van der Waals surface area contributed by atoms with Gasteiger partial charge in [0.25, 0.3) is 0 Å². The van der Waals surface area contributed by atoms with Gasteiger partial charge in [0.05, 0.1) is 0 Å². The largest absolute Gasteiger partial charge is 0.306 e. The zero-order valence-electron chi connectivity index (χ0n) is 8.68. The van der Waals surface area contributed by atoms with E-state index < -0.39 is 0 Å². The van der Waals surface area contributed by atoms with E-state index in [-0.39, 0.29) is 0 Å². The number of nitrogens with zero attached hydrogens (tertiary/aromatic N) is 1. The molecule has 1 aliphatic rings. The van der Waals surface area contributed by atoms with Crippen molar-refractivity contribution in [2.24, 2.45) is 5.92 Å². The van der Waals surface area contributed by atoms with Crippen molar-refractivity contribution in [2.75, 3.05) is 20.1 Å². The van der Waals surface area contributed by atoms with Crippen molar-refractivity contribution in [3.63, 3.8) is 0 Å². The second-order valence-corrected chi connectivity index (χ2v) is 4.40. The van der Waals surface area contributed by atoms with Crippen LogP contribution in [0.5, 0.6) is 0 Å². The third kappa shape index (κ3) is 4.10. The fourth-order valence-corrected chi connectivity index (χ4v) is 1.92. The van der Waals surface area contributed by atoms with E-state index >= 15 is 0 Å². The van der Waals surface area contributed by atoms with Gasteiger partial charge in [-0.05, 0) is 38.9 Å². The fraction of sp³-hybridized carbons (Fsp3) is 1.00. The van der Waals surface area contributed by atoms with Crippen LogP contribution in [0.1, 0.15) is 45.4 Å². The highest BCUT2D eigenvalue weighted by molar-refractivity contribution is 4.61. The average molecular weight is 169 g/mol. The van der Waals surface area contributed by atoms with Crippen molar-refractivity contribution in [3.05, 3.63) is 0 Å². The molecule has 1 aliphatic heterocycles. The lowest BCUT2D eigenvalue weighted by Gasteiger charge is -2.21. The predicted molar refractivity (Wildman–Crippen MR) is 54.4 cm³/mol. The summed E-state index contributed by atoms with van der Waals surface area (Å²) in [7, 11) is 2.26. The third-order valence-electron chi connectivity index (χ3n) is 2.99. The molecule has 0 aromatic heterocycles. The molecule has 0 bridgehead atoms. The number of rotatable bonds is 0. The van der Waals surface area contributed by atoms with Gasteiger partial charge in [0.2, 0.25) is 0 Å². The Balaban J connectivity index is 2.23. The molecule has 0 N–H and O–H groups in total. The van der Waals surface area contributed by atoms with Gasteiger partial charge in [0.15, 0.2) is 0 Å². The SMILES string of the molecule is CC1CCCCCCN(C)CC1. The second kappa shape index (κ2) is 5.58. The Labute approximate surface area is 77.1 Å². The van der Waals surface area contributed by atoms with Gasteiger partial charge in [-0.2, -0.15) is 0 Å². The van der Waals surface area contributed by atoms with Crippen LogP contribution in [0.3, 0.4) is 0 Å². The molecule has 0 spiro atoms. The molecule has 0 aromatic carbocycles. The maximum atomic E-state index is 2.49. The predicted octanol–water partition coefficient (Wildman–Crippen LogP) is 2.91. The zero-order valence-corrected chi connectivity index (χ0v) is 8.68. The quantitative estimate of drug-likeness (QED) is 0.539. The summed E-state index contributed by atoms with van der Waals surface area (Å²) in [4.78, 5) is 2.49. The second-order valence-electron chi connectivity index (χ2n) is 4.40. The molecule has 1 fully saturated rings. The minimum atomic E-state index is 0.950. The lowest BCUT2D eigenvalue weighted by molar-refractivity contribution is 0.280. The van der Waals surface area contributed by atoms with Gasteiger partial charge < -0.3 is 4.90 Å². The van der Waals surface area contributed by atoms with Crippen molar-refractivity contribution in [3.8, 4) is 0 Å². The van der Waals surface area contributed by atoms with Crippen molar-refractivity contribution >= 4 is 0 Å². The molecule has 72 valence electrons. The normalized spacial score (nSPS) is 30.0. The summed E-state index contributed by atoms with van der Waals surface area (Å²) in [6, 6.07) is 0. The average Bonchev–Trinajstić information content (AvgIpc) is 2.07. The van der Waals surface area contributed by atoms with E-state index in [9.17, 15) is 0 Å². The summed E-state index contributed by atoms with van der Waals surface area (Å²) < 4.78 is 0. The van der Waals surface area contributed by atoms with Crippen LogP contribution in [0.2, 0.25) is 0 Å².